The van der Waals surface area contributed by atoms with Crippen molar-refractivity contribution in [3.8, 4) is 11.8 Å². The van der Waals surface area contributed by atoms with Crippen molar-refractivity contribution in [2.24, 2.45) is 0 Å². The summed E-state index contributed by atoms with van der Waals surface area (Å²) in [6.07, 6.45) is 3.09. The van der Waals surface area contributed by atoms with Gasteiger partial charge in [-0.05, 0) is 31.3 Å². The molecule has 1 aliphatic rings. The van der Waals surface area contributed by atoms with Gasteiger partial charge in [-0.2, -0.15) is 0 Å². The summed E-state index contributed by atoms with van der Waals surface area (Å²) >= 11 is 0. The molecule has 0 bridgehead atoms. The predicted molar refractivity (Wildman–Crippen MR) is 89.1 cm³/mol. The van der Waals surface area contributed by atoms with Gasteiger partial charge in [-0.3, -0.25) is 0 Å². The number of carbonyl (C=O) groups excluding carboxylic acids is 1. The van der Waals surface area contributed by atoms with Crippen LogP contribution in [-0.4, -0.2) is 35.7 Å². The molecule has 1 aliphatic heterocycles. The fraction of sp³-hybridized carbons (Fsp3) is 0.588. The van der Waals surface area contributed by atoms with Crippen molar-refractivity contribution in [3.63, 3.8) is 0 Å². The highest BCUT2D eigenvalue weighted by Gasteiger charge is 2.20. The quantitative estimate of drug-likeness (QED) is 0.760. The molecule has 142 valence electrons. The van der Waals surface area contributed by atoms with E-state index < -0.39 is 6.09 Å². The monoisotopic (exact) mass is 365 g/mol. The first-order chi connectivity index (χ1) is 12.7. The lowest BCUT2D eigenvalue weighted by atomic mass is 10.1. The summed E-state index contributed by atoms with van der Waals surface area (Å²) < 4.78 is 26.1. The van der Waals surface area contributed by atoms with Crippen LogP contribution in [0.2, 0.25) is 0 Å². The standard InChI is InChI=1S/C17H23N3O6/c1-3-4-5-14-13(11(2)25-19-14)10-23-15-8-16(26-20-15)24-17(21)18-12-6-7-22-9-12/h8,12H,3-7,9-10H2,1-2H3,(H,18,21)/t12-/m1/s1. The number of aromatic nitrogens is 2. The van der Waals surface area contributed by atoms with E-state index in [0.717, 1.165) is 36.9 Å². The van der Waals surface area contributed by atoms with E-state index >= 15 is 0 Å². The van der Waals surface area contributed by atoms with Gasteiger partial charge in [-0.25, -0.2) is 4.79 Å². The molecule has 9 heteroatoms. The Morgan fingerprint density at radius 3 is 3.04 bits per heavy atom. The Kier molecular flexibility index (Phi) is 6.11. The van der Waals surface area contributed by atoms with Gasteiger partial charge in [0.2, 0.25) is 0 Å². The third-order valence-corrected chi connectivity index (χ3v) is 4.11. The highest BCUT2D eigenvalue weighted by atomic mass is 16.7. The van der Waals surface area contributed by atoms with Crippen LogP contribution in [0.5, 0.6) is 11.8 Å². The van der Waals surface area contributed by atoms with Crippen molar-refractivity contribution in [3.05, 3.63) is 23.1 Å². The van der Waals surface area contributed by atoms with Gasteiger partial charge in [0.25, 0.3) is 5.88 Å². The Hall–Kier alpha value is -2.55. The van der Waals surface area contributed by atoms with Gasteiger partial charge in [0.05, 0.1) is 30.0 Å². The second kappa shape index (κ2) is 8.70. The maximum absolute atomic E-state index is 11.8. The SMILES string of the molecule is CCCCc1noc(C)c1COc1cc(OC(=O)N[C@@H]2CCOC2)on1. The van der Waals surface area contributed by atoms with Crippen molar-refractivity contribution >= 4 is 6.09 Å². The number of nitrogens with zero attached hydrogens (tertiary/aromatic N) is 2. The minimum atomic E-state index is -0.611. The molecule has 0 unspecified atom stereocenters. The van der Waals surface area contributed by atoms with Crippen LogP contribution < -0.4 is 14.8 Å². The van der Waals surface area contributed by atoms with Crippen LogP contribution in [0.1, 0.15) is 43.2 Å². The topological polar surface area (TPSA) is 109 Å². The molecule has 1 fully saturated rings. The lowest BCUT2D eigenvalue weighted by molar-refractivity contribution is 0.166. The zero-order valence-corrected chi connectivity index (χ0v) is 14.9. The molecule has 0 aromatic carbocycles. The van der Waals surface area contributed by atoms with Crippen LogP contribution in [0, 0.1) is 6.92 Å². The summed E-state index contributed by atoms with van der Waals surface area (Å²) in [5.41, 5.74) is 1.80. The van der Waals surface area contributed by atoms with Crippen LogP contribution in [0.25, 0.3) is 0 Å². The Bertz CT molecular complexity index is 720. The molecule has 0 spiro atoms. The van der Waals surface area contributed by atoms with Gasteiger partial charge in [0.1, 0.15) is 12.4 Å². The van der Waals surface area contributed by atoms with Gasteiger partial charge in [-0.15, -0.1) is 0 Å². The van der Waals surface area contributed by atoms with E-state index in [9.17, 15) is 4.79 Å². The number of aryl methyl sites for hydroxylation is 2. The summed E-state index contributed by atoms with van der Waals surface area (Å²) in [5, 5.41) is 10.5. The molecule has 2 aromatic heterocycles. The van der Waals surface area contributed by atoms with E-state index in [1.54, 1.807) is 0 Å². The van der Waals surface area contributed by atoms with Crippen molar-refractivity contribution in [2.75, 3.05) is 13.2 Å². The molecule has 2 aromatic rings. The van der Waals surface area contributed by atoms with Crippen molar-refractivity contribution in [2.45, 2.75) is 52.2 Å². The molecule has 0 radical (unpaired) electrons. The lowest BCUT2D eigenvalue weighted by Gasteiger charge is -2.08. The molecule has 1 saturated heterocycles. The van der Waals surface area contributed by atoms with Crippen LogP contribution in [-0.2, 0) is 17.8 Å². The molecular formula is C17H23N3O6. The molecular weight excluding hydrogens is 342 g/mol. The van der Waals surface area contributed by atoms with Crippen LogP contribution in [0.15, 0.2) is 15.1 Å². The van der Waals surface area contributed by atoms with Crippen LogP contribution in [0.4, 0.5) is 4.79 Å². The fourth-order valence-electron chi connectivity index (χ4n) is 2.60. The predicted octanol–water partition coefficient (Wildman–Crippen LogP) is 2.77. The van der Waals surface area contributed by atoms with Gasteiger partial charge >= 0.3 is 12.0 Å². The van der Waals surface area contributed by atoms with E-state index in [2.05, 4.69) is 22.6 Å². The summed E-state index contributed by atoms with van der Waals surface area (Å²) in [4.78, 5) is 11.8. The third kappa shape index (κ3) is 4.75. The van der Waals surface area contributed by atoms with Gasteiger partial charge in [-0.1, -0.05) is 18.5 Å². The number of carbonyl (C=O) groups is 1. The summed E-state index contributed by atoms with van der Waals surface area (Å²) in [6, 6.07) is 1.37. The number of amides is 1. The van der Waals surface area contributed by atoms with E-state index in [1.165, 1.54) is 6.07 Å². The number of nitrogens with one attached hydrogen (secondary N) is 1. The van der Waals surface area contributed by atoms with Gasteiger partial charge in [0.15, 0.2) is 0 Å². The number of hydrogen-bond acceptors (Lipinski definition) is 8. The molecule has 1 atom stereocenters. The van der Waals surface area contributed by atoms with Gasteiger partial charge < -0.3 is 28.6 Å². The number of rotatable bonds is 8. The zero-order valence-electron chi connectivity index (χ0n) is 14.9. The molecule has 9 nitrogen and oxygen atoms in total. The highest BCUT2D eigenvalue weighted by molar-refractivity contribution is 5.70. The van der Waals surface area contributed by atoms with Crippen molar-refractivity contribution in [1.29, 1.82) is 0 Å². The molecule has 26 heavy (non-hydrogen) atoms. The van der Waals surface area contributed by atoms with E-state index in [-0.39, 0.29) is 24.5 Å². The fourth-order valence-corrected chi connectivity index (χ4v) is 2.60. The van der Waals surface area contributed by atoms with Crippen molar-refractivity contribution < 1.29 is 28.1 Å². The molecule has 0 saturated carbocycles. The maximum Gasteiger partial charge on any atom is 0.415 e. The largest absolute Gasteiger partial charge is 0.470 e. The molecule has 0 aliphatic carbocycles. The van der Waals surface area contributed by atoms with Crippen LogP contribution >= 0.6 is 0 Å². The Balaban J connectivity index is 1.50. The average Bonchev–Trinajstić information content (AvgIpc) is 3.34. The molecule has 3 rings (SSSR count). The first-order valence-corrected chi connectivity index (χ1v) is 8.75. The zero-order chi connectivity index (χ0) is 18.4. The minimum Gasteiger partial charge on any atom is -0.470 e. The number of unbranched alkanes of at least 4 members (excludes halogenated alkanes) is 1. The summed E-state index contributed by atoms with van der Waals surface area (Å²) in [6.45, 7) is 5.34. The van der Waals surface area contributed by atoms with E-state index in [4.69, 9.17) is 23.3 Å². The first-order valence-electron chi connectivity index (χ1n) is 8.75. The maximum atomic E-state index is 11.8. The average molecular weight is 365 g/mol. The van der Waals surface area contributed by atoms with E-state index in [1.807, 2.05) is 6.92 Å². The summed E-state index contributed by atoms with van der Waals surface area (Å²) in [5.74, 6) is 0.901. The van der Waals surface area contributed by atoms with Crippen molar-refractivity contribution in [1.82, 2.24) is 15.6 Å². The van der Waals surface area contributed by atoms with Crippen LogP contribution in [0.3, 0.4) is 0 Å². The second-order valence-electron chi connectivity index (χ2n) is 6.13. The van der Waals surface area contributed by atoms with Gasteiger partial charge in [0, 0.05) is 6.61 Å². The number of hydrogen-bond donors (Lipinski definition) is 1. The third-order valence-electron chi connectivity index (χ3n) is 4.11. The highest BCUT2D eigenvalue weighted by Crippen LogP contribution is 2.22. The minimum absolute atomic E-state index is 0.0373. The Labute approximate surface area is 150 Å². The second-order valence-corrected chi connectivity index (χ2v) is 6.13. The smallest absolute Gasteiger partial charge is 0.415 e. The Morgan fingerprint density at radius 1 is 1.38 bits per heavy atom. The molecule has 3 heterocycles. The Morgan fingerprint density at radius 2 is 2.27 bits per heavy atom. The lowest BCUT2D eigenvalue weighted by Crippen LogP contribution is -2.36. The molecule has 1 N–H and O–H groups in total. The first kappa shape index (κ1) is 18.2. The number of ether oxygens (including phenoxy) is 3. The summed E-state index contributed by atoms with van der Waals surface area (Å²) in [7, 11) is 0. The normalized spacial score (nSPS) is 16.6. The van der Waals surface area contributed by atoms with E-state index in [0.29, 0.717) is 19.0 Å². The molecule has 1 amide bonds.